The third kappa shape index (κ3) is 3.34. The van der Waals surface area contributed by atoms with Crippen LogP contribution in [0.4, 0.5) is 0 Å². The first-order valence-electron chi connectivity index (χ1n) is 4.68. The molecule has 5 heteroatoms. The number of thiazole rings is 1. The summed E-state index contributed by atoms with van der Waals surface area (Å²) in [4.78, 5) is 4.15. The van der Waals surface area contributed by atoms with E-state index in [4.69, 9.17) is 16.0 Å². The van der Waals surface area contributed by atoms with Gasteiger partial charge in [-0.25, -0.2) is 4.98 Å². The minimum absolute atomic E-state index is 0.734. The first kappa shape index (κ1) is 10.7. The van der Waals surface area contributed by atoms with E-state index < -0.39 is 0 Å². The summed E-state index contributed by atoms with van der Waals surface area (Å²) in [5.41, 5.74) is 0. The topological polar surface area (TPSA) is 38.1 Å². The number of hydrogen-bond acceptors (Lipinski definition) is 4. The van der Waals surface area contributed by atoms with Gasteiger partial charge in [-0.3, -0.25) is 0 Å². The molecule has 2 rings (SSSR count). The standard InChI is InChI=1S/C10H11ClN2OS/c11-9-6-13-10(15-9)7-12-4-3-8-2-1-5-14-8/h1-2,5-6,12H,3-4,7H2. The van der Waals surface area contributed by atoms with Gasteiger partial charge in [0.25, 0.3) is 0 Å². The van der Waals surface area contributed by atoms with Crippen LogP contribution >= 0.6 is 22.9 Å². The number of aromatic nitrogens is 1. The highest BCUT2D eigenvalue weighted by atomic mass is 35.5. The van der Waals surface area contributed by atoms with E-state index in [1.54, 1.807) is 12.5 Å². The Morgan fingerprint density at radius 3 is 3.13 bits per heavy atom. The fraction of sp³-hybridized carbons (Fsp3) is 0.300. The first-order valence-corrected chi connectivity index (χ1v) is 5.87. The van der Waals surface area contributed by atoms with Crippen LogP contribution in [0.15, 0.2) is 29.0 Å². The Balaban J connectivity index is 1.67. The molecule has 0 aliphatic heterocycles. The van der Waals surface area contributed by atoms with Gasteiger partial charge >= 0.3 is 0 Å². The fourth-order valence-corrected chi connectivity index (χ4v) is 2.16. The summed E-state index contributed by atoms with van der Waals surface area (Å²) in [7, 11) is 0. The Kier molecular flexibility index (Phi) is 3.77. The molecule has 0 amide bonds. The third-order valence-electron chi connectivity index (χ3n) is 1.93. The van der Waals surface area contributed by atoms with Gasteiger partial charge in [0.1, 0.15) is 15.1 Å². The number of nitrogens with one attached hydrogen (secondary N) is 1. The minimum Gasteiger partial charge on any atom is -0.469 e. The van der Waals surface area contributed by atoms with Crippen LogP contribution in [0.5, 0.6) is 0 Å². The molecular weight excluding hydrogens is 232 g/mol. The smallest absolute Gasteiger partial charge is 0.113 e. The predicted molar refractivity (Wildman–Crippen MR) is 61.2 cm³/mol. The maximum atomic E-state index is 5.77. The molecule has 2 aromatic heterocycles. The number of nitrogens with zero attached hydrogens (tertiary/aromatic N) is 1. The summed E-state index contributed by atoms with van der Waals surface area (Å²) in [6, 6.07) is 3.87. The van der Waals surface area contributed by atoms with Crippen LogP contribution in [-0.2, 0) is 13.0 Å². The molecule has 0 aliphatic carbocycles. The normalized spacial score (nSPS) is 10.7. The van der Waals surface area contributed by atoms with Crippen molar-refractivity contribution in [1.29, 1.82) is 0 Å². The van der Waals surface area contributed by atoms with E-state index in [2.05, 4.69) is 10.3 Å². The van der Waals surface area contributed by atoms with Gasteiger partial charge < -0.3 is 9.73 Å². The molecule has 0 unspecified atom stereocenters. The SMILES string of the molecule is Clc1cnc(CNCCc2ccco2)s1. The Morgan fingerprint density at radius 2 is 2.47 bits per heavy atom. The highest BCUT2D eigenvalue weighted by Gasteiger charge is 1.99. The highest BCUT2D eigenvalue weighted by molar-refractivity contribution is 7.15. The van der Waals surface area contributed by atoms with Gasteiger partial charge in [-0.2, -0.15) is 0 Å². The highest BCUT2D eigenvalue weighted by Crippen LogP contribution is 2.17. The largest absolute Gasteiger partial charge is 0.469 e. The molecule has 2 heterocycles. The van der Waals surface area contributed by atoms with Gasteiger partial charge in [0, 0.05) is 19.5 Å². The van der Waals surface area contributed by atoms with E-state index >= 15 is 0 Å². The Bertz CT molecular complexity index is 399. The van der Waals surface area contributed by atoms with Crippen molar-refractivity contribution in [3.05, 3.63) is 39.7 Å². The van der Waals surface area contributed by atoms with Crippen molar-refractivity contribution in [2.75, 3.05) is 6.54 Å². The van der Waals surface area contributed by atoms with Crippen molar-refractivity contribution in [1.82, 2.24) is 10.3 Å². The van der Waals surface area contributed by atoms with Crippen molar-refractivity contribution < 1.29 is 4.42 Å². The van der Waals surface area contributed by atoms with Crippen molar-refractivity contribution >= 4 is 22.9 Å². The van der Waals surface area contributed by atoms with Crippen LogP contribution in [0.25, 0.3) is 0 Å². The molecule has 15 heavy (non-hydrogen) atoms. The summed E-state index contributed by atoms with van der Waals surface area (Å²) >= 11 is 7.27. The second-order valence-corrected chi connectivity index (χ2v) is 4.81. The molecule has 0 saturated heterocycles. The average molecular weight is 243 g/mol. The molecule has 0 saturated carbocycles. The van der Waals surface area contributed by atoms with Gasteiger partial charge in [-0.05, 0) is 12.1 Å². The summed E-state index contributed by atoms with van der Waals surface area (Å²) in [6.07, 6.45) is 4.26. The maximum Gasteiger partial charge on any atom is 0.113 e. The molecular formula is C10H11ClN2OS. The van der Waals surface area contributed by atoms with E-state index in [1.165, 1.54) is 11.3 Å². The molecule has 1 N–H and O–H groups in total. The van der Waals surface area contributed by atoms with Crippen LogP contribution in [0, 0.1) is 0 Å². The van der Waals surface area contributed by atoms with Crippen LogP contribution in [0.1, 0.15) is 10.8 Å². The van der Waals surface area contributed by atoms with Crippen LogP contribution < -0.4 is 5.32 Å². The number of rotatable bonds is 5. The maximum absolute atomic E-state index is 5.77. The van der Waals surface area contributed by atoms with E-state index in [0.29, 0.717) is 0 Å². The number of furan rings is 1. The van der Waals surface area contributed by atoms with Gasteiger partial charge in [0.15, 0.2) is 0 Å². The molecule has 80 valence electrons. The van der Waals surface area contributed by atoms with Crippen LogP contribution in [-0.4, -0.2) is 11.5 Å². The quantitative estimate of drug-likeness (QED) is 0.820. The molecule has 0 aromatic carbocycles. The molecule has 0 fully saturated rings. The Labute approximate surface area is 97.1 Å². The lowest BCUT2D eigenvalue weighted by Crippen LogP contribution is -2.16. The summed E-state index contributed by atoms with van der Waals surface area (Å²) in [5.74, 6) is 1.000. The van der Waals surface area contributed by atoms with Gasteiger partial charge in [0.2, 0.25) is 0 Å². The average Bonchev–Trinajstić information content (AvgIpc) is 2.84. The lowest BCUT2D eigenvalue weighted by molar-refractivity contribution is 0.498. The van der Waals surface area contributed by atoms with Crippen LogP contribution in [0.3, 0.4) is 0 Å². The lowest BCUT2D eigenvalue weighted by Gasteiger charge is -1.99. The zero-order chi connectivity index (χ0) is 10.5. The molecule has 0 aliphatic rings. The summed E-state index contributed by atoms with van der Waals surface area (Å²) in [6.45, 7) is 1.64. The van der Waals surface area contributed by atoms with E-state index in [1.807, 2.05) is 12.1 Å². The predicted octanol–water partition coefficient (Wildman–Crippen LogP) is 2.72. The van der Waals surface area contributed by atoms with Crippen molar-refractivity contribution in [2.45, 2.75) is 13.0 Å². The third-order valence-corrected chi connectivity index (χ3v) is 3.04. The van der Waals surface area contributed by atoms with E-state index in [-0.39, 0.29) is 0 Å². The van der Waals surface area contributed by atoms with Crippen molar-refractivity contribution in [2.24, 2.45) is 0 Å². The second-order valence-electron chi connectivity index (χ2n) is 3.06. The summed E-state index contributed by atoms with van der Waals surface area (Å²) in [5, 5.41) is 4.30. The molecule has 0 spiro atoms. The molecule has 0 bridgehead atoms. The number of halogens is 1. The van der Waals surface area contributed by atoms with Crippen molar-refractivity contribution in [3.8, 4) is 0 Å². The molecule has 0 atom stereocenters. The molecule has 0 radical (unpaired) electrons. The van der Waals surface area contributed by atoms with Crippen LogP contribution in [0.2, 0.25) is 4.34 Å². The van der Waals surface area contributed by atoms with Crippen molar-refractivity contribution in [3.63, 3.8) is 0 Å². The van der Waals surface area contributed by atoms with Gasteiger partial charge in [0.05, 0.1) is 12.5 Å². The first-order chi connectivity index (χ1) is 7.34. The number of hydrogen-bond donors (Lipinski definition) is 1. The van der Waals surface area contributed by atoms with Gasteiger partial charge in [-0.15, -0.1) is 11.3 Å². The summed E-state index contributed by atoms with van der Waals surface area (Å²) < 4.78 is 5.95. The molecule has 3 nitrogen and oxygen atoms in total. The van der Waals surface area contributed by atoms with E-state index in [0.717, 1.165) is 34.6 Å². The fourth-order valence-electron chi connectivity index (χ4n) is 1.23. The van der Waals surface area contributed by atoms with Gasteiger partial charge in [-0.1, -0.05) is 11.6 Å². The van der Waals surface area contributed by atoms with E-state index in [9.17, 15) is 0 Å². The minimum atomic E-state index is 0.734. The Hall–Kier alpha value is -0.840. The monoisotopic (exact) mass is 242 g/mol. The molecule has 2 aromatic rings. The zero-order valence-corrected chi connectivity index (χ0v) is 9.64. The lowest BCUT2D eigenvalue weighted by atomic mass is 10.3. The zero-order valence-electron chi connectivity index (χ0n) is 8.07. The second kappa shape index (κ2) is 5.30. The Morgan fingerprint density at radius 1 is 1.53 bits per heavy atom.